The predicted octanol–water partition coefficient (Wildman–Crippen LogP) is 13.0. The van der Waals surface area contributed by atoms with Gasteiger partial charge in [-0.1, -0.05) is 0 Å². The van der Waals surface area contributed by atoms with Crippen LogP contribution in [0.1, 0.15) is 97.9 Å². The van der Waals surface area contributed by atoms with E-state index in [1.165, 1.54) is 57.4 Å². The summed E-state index contributed by atoms with van der Waals surface area (Å²) < 4.78 is 4.11. The van der Waals surface area contributed by atoms with Gasteiger partial charge in [-0.25, -0.2) is 0 Å². The van der Waals surface area contributed by atoms with Gasteiger partial charge in [-0.15, -0.1) is 0 Å². The Morgan fingerprint density at radius 2 is 0.955 bits per heavy atom. The molecule has 1 heteroatoms. The van der Waals surface area contributed by atoms with E-state index in [1.54, 1.807) is 44.5 Å². The molecule has 4 bridgehead atoms. The van der Waals surface area contributed by atoms with Gasteiger partial charge in [-0.05, 0) is 0 Å². The number of hydrogen-bond acceptors (Lipinski definition) is 0. The summed E-state index contributed by atoms with van der Waals surface area (Å²) in [6.45, 7) is 15.1. The van der Waals surface area contributed by atoms with E-state index in [9.17, 15) is 0 Å². The molecule has 2 aliphatic carbocycles. The third-order valence-electron chi connectivity index (χ3n) is 11.5. The monoisotopic (exact) mass is 612 g/mol. The van der Waals surface area contributed by atoms with Crippen LogP contribution in [0.2, 0.25) is 9.45 Å². The zero-order valence-electron chi connectivity index (χ0n) is 27.6. The molecule has 2 atom stereocenters. The molecule has 44 heavy (non-hydrogen) atoms. The predicted molar refractivity (Wildman–Crippen MR) is 188 cm³/mol. The molecule has 2 unspecified atom stereocenters. The number of rotatable bonds is 8. The SMILES string of the molecule is CCC[CH2][Ti]1([CH2]CCC)[CH]2C(C)=C(c3c(-c4ccccc4)cccc32)C(C)(C)C2=C(C)[CH]1c1cccc(-c3ccccc3)c12. The van der Waals surface area contributed by atoms with Crippen molar-refractivity contribution in [2.24, 2.45) is 5.41 Å². The van der Waals surface area contributed by atoms with Crippen molar-refractivity contribution < 1.29 is 16.6 Å². The van der Waals surface area contributed by atoms with Gasteiger partial charge in [-0.3, -0.25) is 0 Å². The molecule has 0 saturated carbocycles. The standard InChI is InChI=1S/C35H30.2C4H9.Ti/c1-23-21-27-17-11-19-29(25-13-7-5-8-14-25)31(27)33(23)35(3,4)34-24(2)22-28-18-12-20-30(32(28)34)26-15-9-6-10-16-26;2*1-3-4-2;/h5-22H,1-4H3;2*1,3-4H2,2H3;. The zero-order valence-corrected chi connectivity index (χ0v) is 29.2. The third kappa shape index (κ3) is 4.28. The Morgan fingerprint density at radius 3 is 1.34 bits per heavy atom. The molecule has 224 valence electrons. The quantitative estimate of drug-likeness (QED) is 0.174. The molecule has 4 aromatic rings. The summed E-state index contributed by atoms with van der Waals surface area (Å²) in [5, 5.41) is 0. The fraction of sp³-hybridized carbons (Fsp3) is 0.349. The van der Waals surface area contributed by atoms with Crippen LogP contribution in [-0.4, -0.2) is 0 Å². The average molecular weight is 613 g/mol. The van der Waals surface area contributed by atoms with Crippen LogP contribution < -0.4 is 0 Å². The molecular weight excluding hydrogens is 564 g/mol. The van der Waals surface area contributed by atoms with Gasteiger partial charge in [-0.2, -0.15) is 0 Å². The summed E-state index contributed by atoms with van der Waals surface area (Å²) in [6, 6.07) is 37.1. The van der Waals surface area contributed by atoms with Crippen LogP contribution in [0.5, 0.6) is 0 Å². The molecule has 1 aliphatic heterocycles. The molecule has 1 heterocycles. The maximum atomic E-state index is 2.57. The van der Waals surface area contributed by atoms with Crippen LogP contribution in [0.15, 0.2) is 108 Å². The van der Waals surface area contributed by atoms with Gasteiger partial charge >= 0.3 is 271 Å². The normalized spacial score (nSPS) is 20.8. The van der Waals surface area contributed by atoms with Crippen molar-refractivity contribution in [1.82, 2.24) is 0 Å². The van der Waals surface area contributed by atoms with Crippen molar-refractivity contribution in [3.05, 3.63) is 130 Å². The van der Waals surface area contributed by atoms with Gasteiger partial charge in [0.1, 0.15) is 0 Å². The van der Waals surface area contributed by atoms with Crippen molar-refractivity contribution in [1.29, 1.82) is 0 Å². The first-order chi connectivity index (χ1) is 21.4. The number of benzene rings is 4. The first-order valence-corrected chi connectivity index (χ1v) is 21.2. The van der Waals surface area contributed by atoms with Crippen LogP contribution in [0.3, 0.4) is 0 Å². The van der Waals surface area contributed by atoms with Gasteiger partial charge in [0.25, 0.3) is 0 Å². The average Bonchev–Trinajstić information content (AvgIpc) is 3.54. The summed E-state index contributed by atoms with van der Waals surface area (Å²) in [5.74, 6) is 0. The van der Waals surface area contributed by atoms with E-state index >= 15 is 0 Å². The Bertz CT molecular complexity index is 1640. The molecule has 4 aromatic carbocycles. The molecule has 3 aliphatic rings. The molecule has 7 rings (SSSR count). The Labute approximate surface area is 269 Å². The van der Waals surface area contributed by atoms with Gasteiger partial charge in [0, 0.05) is 0 Å². The van der Waals surface area contributed by atoms with Crippen molar-refractivity contribution in [2.75, 3.05) is 0 Å². The number of hydrogen-bond donors (Lipinski definition) is 0. The van der Waals surface area contributed by atoms with E-state index in [4.69, 9.17) is 0 Å². The van der Waals surface area contributed by atoms with Gasteiger partial charge in [0.2, 0.25) is 0 Å². The second-order valence-electron chi connectivity index (χ2n) is 14.3. The summed E-state index contributed by atoms with van der Waals surface area (Å²) in [5.41, 5.74) is 18.6. The Kier molecular flexibility index (Phi) is 7.75. The summed E-state index contributed by atoms with van der Waals surface area (Å²) >= 11 is -2.80. The van der Waals surface area contributed by atoms with E-state index in [2.05, 4.69) is 139 Å². The molecular formula is C43H48Ti. The van der Waals surface area contributed by atoms with Crippen molar-refractivity contribution in [2.45, 2.75) is 85.1 Å². The molecule has 0 spiro atoms. The number of fused-ring (bicyclic) bond motifs is 8. The second kappa shape index (κ2) is 11.5. The van der Waals surface area contributed by atoms with Crippen LogP contribution >= 0.6 is 0 Å². The minimum absolute atomic E-state index is 0.110. The van der Waals surface area contributed by atoms with E-state index in [0.29, 0.717) is 8.45 Å². The van der Waals surface area contributed by atoms with Crippen molar-refractivity contribution >= 4 is 11.1 Å². The summed E-state index contributed by atoms with van der Waals surface area (Å²) in [7, 11) is 0. The molecule has 0 nitrogen and oxygen atoms in total. The second-order valence-corrected chi connectivity index (χ2v) is 21.5. The van der Waals surface area contributed by atoms with Crippen molar-refractivity contribution in [3.8, 4) is 22.3 Å². The van der Waals surface area contributed by atoms with Gasteiger partial charge < -0.3 is 0 Å². The third-order valence-corrected chi connectivity index (χ3v) is 21.5. The van der Waals surface area contributed by atoms with E-state index in [1.807, 2.05) is 0 Å². The van der Waals surface area contributed by atoms with Crippen molar-refractivity contribution in [3.63, 3.8) is 0 Å². The van der Waals surface area contributed by atoms with Crippen LogP contribution in [0.25, 0.3) is 33.4 Å². The van der Waals surface area contributed by atoms with Crippen LogP contribution in [-0.2, 0) is 16.6 Å². The van der Waals surface area contributed by atoms with Crippen LogP contribution in [0, 0.1) is 5.41 Å². The number of unbranched alkanes of at least 4 members (excludes halogenated alkanes) is 2. The molecule has 0 fully saturated rings. The van der Waals surface area contributed by atoms with E-state index in [0.717, 1.165) is 0 Å². The Morgan fingerprint density at radius 1 is 0.545 bits per heavy atom. The first-order valence-electron chi connectivity index (χ1n) is 17.2. The topological polar surface area (TPSA) is 0 Å². The summed E-state index contributed by atoms with van der Waals surface area (Å²) in [6.07, 6.45) is 5.27. The zero-order chi connectivity index (χ0) is 30.6. The first kappa shape index (κ1) is 29.8. The molecule has 0 amide bonds. The molecule has 0 N–H and O–H groups in total. The maximum absolute atomic E-state index is 2.80. The van der Waals surface area contributed by atoms with Gasteiger partial charge in [0.05, 0.1) is 0 Å². The Hall–Kier alpha value is -2.93. The van der Waals surface area contributed by atoms with Gasteiger partial charge in [0.15, 0.2) is 0 Å². The minimum atomic E-state index is -2.80. The van der Waals surface area contributed by atoms with Crippen LogP contribution in [0.4, 0.5) is 0 Å². The molecule has 0 saturated heterocycles. The Balaban J connectivity index is 1.60. The number of allylic oxidation sites excluding steroid dienone is 4. The fourth-order valence-corrected chi connectivity index (χ4v) is 21.8. The van der Waals surface area contributed by atoms with E-state index in [-0.39, 0.29) is 5.41 Å². The molecule has 0 radical (unpaired) electrons. The van der Waals surface area contributed by atoms with E-state index < -0.39 is 16.6 Å². The fourth-order valence-electron chi connectivity index (χ4n) is 10.1. The molecule has 0 aromatic heterocycles. The summed E-state index contributed by atoms with van der Waals surface area (Å²) in [4.78, 5) is 0.